The molecule has 0 nitrogen and oxygen atoms in total. The van der Waals surface area contributed by atoms with Crippen molar-refractivity contribution in [1.29, 1.82) is 0 Å². The molecule has 0 atom stereocenters. The van der Waals surface area contributed by atoms with Crippen LogP contribution in [0.4, 0.5) is 0 Å². The van der Waals surface area contributed by atoms with Gasteiger partial charge in [-0.1, -0.05) is 34.1 Å². The van der Waals surface area contributed by atoms with E-state index in [2.05, 4.69) is 28.1 Å². The van der Waals surface area contributed by atoms with Gasteiger partial charge in [0.2, 0.25) is 0 Å². The van der Waals surface area contributed by atoms with Crippen LogP contribution in [0.3, 0.4) is 0 Å². The van der Waals surface area contributed by atoms with Crippen LogP contribution in [-0.4, -0.2) is 0 Å². The zero-order chi connectivity index (χ0) is 8.65. The molecule has 0 heterocycles. The number of benzene rings is 1. The molecule has 1 aromatic carbocycles. The Hall–Kier alpha value is 0.0631. The van der Waals surface area contributed by atoms with Crippen molar-refractivity contribution in [2.24, 2.45) is 0 Å². The fourth-order valence-corrected chi connectivity index (χ4v) is 1.06. The van der Waals surface area contributed by atoms with Crippen molar-refractivity contribution >= 4 is 15.9 Å². The summed E-state index contributed by atoms with van der Waals surface area (Å²) < 4.78 is 1.13. The van der Waals surface area contributed by atoms with Crippen LogP contribution in [0.1, 0.15) is 6.42 Å². The Labute approximate surface area is 107 Å². The minimum atomic E-state index is 0. The molecule has 0 amide bonds. The molecule has 0 aromatic heterocycles. The summed E-state index contributed by atoms with van der Waals surface area (Å²) >= 11 is 3.31. The van der Waals surface area contributed by atoms with E-state index >= 15 is 0 Å². The summed E-state index contributed by atoms with van der Waals surface area (Å²) in [6, 6.07) is 9.97. The Balaban J connectivity index is 0.000000215. The minimum Gasteiger partial charge on any atom is -0.273 e. The number of hydrogen-bond donors (Lipinski definition) is 0. The van der Waals surface area contributed by atoms with Crippen molar-refractivity contribution in [1.82, 2.24) is 0 Å². The van der Waals surface area contributed by atoms with Crippen LogP contribution in [0.25, 0.3) is 0 Å². The first-order valence-corrected chi connectivity index (χ1v) is 4.61. The van der Waals surface area contributed by atoms with Gasteiger partial charge >= 0.3 is 0 Å². The Kier molecular flexibility index (Phi) is 8.69. The number of allylic oxidation sites excluding steroid dienone is 4. The number of halogens is 1. The predicted molar refractivity (Wildman–Crippen MR) is 55.7 cm³/mol. The van der Waals surface area contributed by atoms with Crippen molar-refractivity contribution in [3.8, 4) is 0 Å². The van der Waals surface area contributed by atoms with Crippen molar-refractivity contribution in [3.05, 3.63) is 59.1 Å². The van der Waals surface area contributed by atoms with E-state index in [1.54, 1.807) is 0 Å². The van der Waals surface area contributed by atoms with Crippen LogP contribution < -0.4 is 0 Å². The first-order chi connectivity index (χ1) is 5.89. The van der Waals surface area contributed by atoms with Gasteiger partial charge in [0.05, 0.1) is 0 Å². The maximum Gasteiger partial charge on any atom is 0.0175 e. The van der Waals surface area contributed by atoms with Gasteiger partial charge in [0.15, 0.2) is 0 Å². The van der Waals surface area contributed by atoms with Crippen LogP contribution in [0.5, 0.6) is 0 Å². The topological polar surface area (TPSA) is 0 Å². The maximum absolute atomic E-state index is 3.31. The summed E-state index contributed by atoms with van der Waals surface area (Å²) in [6.07, 6.45) is 10.0. The standard InChI is InChI=1S/C6H5Br.C5H5.Zr/c7-6-4-2-1-3-5-6;1-2-4-5-3-1;/h1-5H;1-3H,4H2;/q;-1;. The van der Waals surface area contributed by atoms with E-state index in [0.29, 0.717) is 0 Å². The molecule has 13 heavy (non-hydrogen) atoms. The molecule has 0 radical (unpaired) electrons. The van der Waals surface area contributed by atoms with E-state index < -0.39 is 0 Å². The zero-order valence-electron chi connectivity index (χ0n) is 7.20. The molecule has 0 fully saturated rings. The molecule has 1 aliphatic rings. The SMILES string of the molecule is Brc1ccccc1.[C-]1=CC=CC1.[Zr]. The first-order valence-electron chi connectivity index (χ1n) is 3.82. The fraction of sp³-hybridized carbons (Fsp3) is 0.0909. The molecule has 0 saturated heterocycles. The summed E-state index contributed by atoms with van der Waals surface area (Å²) in [7, 11) is 0. The predicted octanol–water partition coefficient (Wildman–Crippen LogP) is 3.75. The second-order valence-electron chi connectivity index (χ2n) is 2.30. The number of rotatable bonds is 0. The van der Waals surface area contributed by atoms with E-state index in [4.69, 9.17) is 0 Å². The third kappa shape index (κ3) is 7.16. The average molecular weight is 313 g/mol. The molecule has 0 N–H and O–H groups in total. The molecule has 0 bridgehead atoms. The number of hydrogen-bond acceptors (Lipinski definition) is 0. The van der Waals surface area contributed by atoms with Gasteiger partial charge in [-0.2, -0.15) is 6.08 Å². The molecule has 2 heteroatoms. The van der Waals surface area contributed by atoms with Crippen LogP contribution >= 0.6 is 15.9 Å². The summed E-state index contributed by atoms with van der Waals surface area (Å²) in [6.45, 7) is 0. The normalized spacial score (nSPS) is 11.5. The molecule has 66 valence electrons. The third-order valence-corrected chi connectivity index (χ3v) is 1.85. The molecule has 0 unspecified atom stereocenters. The molecule has 0 spiro atoms. The smallest absolute Gasteiger partial charge is 0.0175 e. The average Bonchev–Trinajstić information content (AvgIpc) is 2.62. The van der Waals surface area contributed by atoms with E-state index in [1.165, 1.54) is 0 Å². The molecule has 1 aliphatic carbocycles. The van der Waals surface area contributed by atoms with E-state index in [9.17, 15) is 0 Å². The van der Waals surface area contributed by atoms with Gasteiger partial charge in [-0.25, -0.2) is 12.2 Å². The molecule has 2 rings (SSSR count). The molecule has 0 saturated carbocycles. The second-order valence-corrected chi connectivity index (χ2v) is 3.21. The van der Waals surface area contributed by atoms with Crippen LogP contribution in [0, 0.1) is 6.08 Å². The molecule has 0 aliphatic heterocycles. The Bertz CT molecular complexity index is 255. The Morgan fingerprint density at radius 3 is 2.08 bits per heavy atom. The van der Waals surface area contributed by atoms with Crippen molar-refractivity contribution in [3.63, 3.8) is 0 Å². The van der Waals surface area contributed by atoms with Gasteiger partial charge in [0, 0.05) is 30.7 Å². The van der Waals surface area contributed by atoms with Gasteiger partial charge in [-0.15, -0.1) is 6.42 Å². The fourth-order valence-electron chi connectivity index (χ4n) is 0.755. The summed E-state index contributed by atoms with van der Waals surface area (Å²) in [5, 5.41) is 0. The van der Waals surface area contributed by atoms with Crippen molar-refractivity contribution in [2.45, 2.75) is 6.42 Å². The molecular weight excluding hydrogens is 303 g/mol. The Morgan fingerprint density at radius 2 is 1.85 bits per heavy atom. The van der Waals surface area contributed by atoms with Gasteiger partial charge in [-0.3, -0.25) is 6.08 Å². The van der Waals surface area contributed by atoms with Gasteiger partial charge < -0.3 is 0 Å². The van der Waals surface area contributed by atoms with Crippen LogP contribution in [-0.2, 0) is 26.2 Å². The summed E-state index contributed by atoms with van der Waals surface area (Å²) in [4.78, 5) is 0. The largest absolute Gasteiger partial charge is 0.273 e. The van der Waals surface area contributed by atoms with Crippen LogP contribution in [0.2, 0.25) is 0 Å². The van der Waals surface area contributed by atoms with Gasteiger partial charge in [0.1, 0.15) is 0 Å². The van der Waals surface area contributed by atoms with Crippen molar-refractivity contribution in [2.75, 3.05) is 0 Å². The second kappa shape index (κ2) is 8.65. The molecule has 1 aromatic rings. The van der Waals surface area contributed by atoms with E-state index in [1.807, 2.05) is 42.5 Å². The summed E-state index contributed by atoms with van der Waals surface area (Å²) in [5.74, 6) is 0. The Morgan fingerprint density at radius 1 is 1.15 bits per heavy atom. The van der Waals surface area contributed by atoms with E-state index in [-0.39, 0.29) is 26.2 Å². The van der Waals surface area contributed by atoms with Crippen LogP contribution in [0.15, 0.2) is 53.0 Å². The van der Waals surface area contributed by atoms with Crippen molar-refractivity contribution < 1.29 is 26.2 Å². The zero-order valence-corrected chi connectivity index (χ0v) is 11.2. The minimum absolute atomic E-state index is 0. The third-order valence-electron chi connectivity index (χ3n) is 1.32. The quantitative estimate of drug-likeness (QED) is 0.640. The van der Waals surface area contributed by atoms with Gasteiger partial charge in [-0.05, 0) is 12.1 Å². The van der Waals surface area contributed by atoms with E-state index in [0.717, 1.165) is 10.9 Å². The molecular formula is C11H10BrZr-. The monoisotopic (exact) mass is 311 g/mol. The first kappa shape index (κ1) is 13.1. The maximum atomic E-state index is 3.31. The summed E-state index contributed by atoms with van der Waals surface area (Å²) in [5.41, 5.74) is 0. The van der Waals surface area contributed by atoms with Gasteiger partial charge in [0.25, 0.3) is 0 Å².